The quantitative estimate of drug-likeness (QED) is 0.415. The number of hydrogen-bond donors (Lipinski definition) is 1. The Kier molecular flexibility index (Phi) is 8.53. The zero-order valence-electron chi connectivity index (χ0n) is 15.8. The summed E-state index contributed by atoms with van der Waals surface area (Å²) in [5.74, 6) is 0.676. The van der Waals surface area contributed by atoms with Gasteiger partial charge >= 0.3 is 0 Å². The van der Waals surface area contributed by atoms with Crippen molar-refractivity contribution in [2.45, 2.75) is 56.1 Å². The molecule has 0 unspecified atom stereocenters. The summed E-state index contributed by atoms with van der Waals surface area (Å²) in [4.78, 5) is 13.5. The van der Waals surface area contributed by atoms with Gasteiger partial charge in [-0.05, 0) is 60.6 Å². The summed E-state index contributed by atoms with van der Waals surface area (Å²) in [6, 6.07) is 16.4. The molecule has 4 heteroatoms. The molecule has 0 radical (unpaired) electrons. The smallest absolute Gasteiger partial charge is 0.233 e. The van der Waals surface area contributed by atoms with E-state index in [0.29, 0.717) is 17.5 Å². The van der Waals surface area contributed by atoms with E-state index in [0.717, 1.165) is 24.2 Å². The van der Waals surface area contributed by atoms with Crippen molar-refractivity contribution in [1.29, 1.82) is 0 Å². The van der Waals surface area contributed by atoms with Crippen molar-refractivity contribution in [2.24, 2.45) is 0 Å². The molecule has 2 aromatic rings. The van der Waals surface area contributed by atoms with Gasteiger partial charge in [0.05, 0.1) is 5.25 Å². The Balaban J connectivity index is 1.75. The molecule has 0 aromatic heterocycles. The minimum absolute atomic E-state index is 0.0681. The lowest BCUT2D eigenvalue weighted by Crippen LogP contribution is -2.33. The summed E-state index contributed by atoms with van der Waals surface area (Å²) in [6.45, 7) is 7.17. The Labute approximate surface area is 166 Å². The molecule has 1 N–H and O–H groups in total. The predicted molar refractivity (Wildman–Crippen MR) is 113 cm³/mol. The lowest BCUT2D eigenvalue weighted by molar-refractivity contribution is -0.120. The van der Waals surface area contributed by atoms with Crippen molar-refractivity contribution in [2.75, 3.05) is 6.54 Å². The Bertz CT molecular complexity index is 682. The summed E-state index contributed by atoms with van der Waals surface area (Å²) >= 11 is 7.51. The summed E-state index contributed by atoms with van der Waals surface area (Å²) in [5.41, 5.74) is 2.69. The van der Waals surface area contributed by atoms with E-state index in [-0.39, 0.29) is 11.2 Å². The number of aryl methyl sites for hydroxylation is 1. The van der Waals surface area contributed by atoms with E-state index in [4.69, 9.17) is 11.6 Å². The molecule has 140 valence electrons. The SMILES string of the molecule is CC[C@@H](Sc1ccc(Cl)cc1)C(=O)NCCCc1ccc(C(C)C)cc1. The summed E-state index contributed by atoms with van der Waals surface area (Å²) in [6.07, 6.45) is 2.74. The number of thioether (sulfide) groups is 1. The van der Waals surface area contributed by atoms with Gasteiger partial charge in [0.2, 0.25) is 5.91 Å². The van der Waals surface area contributed by atoms with Gasteiger partial charge in [-0.1, -0.05) is 56.6 Å². The average molecular weight is 390 g/mol. The Hall–Kier alpha value is -1.45. The highest BCUT2D eigenvalue weighted by Gasteiger charge is 2.17. The van der Waals surface area contributed by atoms with Crippen molar-refractivity contribution < 1.29 is 4.79 Å². The maximum absolute atomic E-state index is 12.4. The van der Waals surface area contributed by atoms with Crippen LogP contribution in [0.25, 0.3) is 0 Å². The first-order valence-electron chi connectivity index (χ1n) is 9.28. The van der Waals surface area contributed by atoms with Crippen LogP contribution in [0.15, 0.2) is 53.4 Å². The number of nitrogens with one attached hydrogen (secondary N) is 1. The molecule has 0 heterocycles. The number of benzene rings is 2. The Morgan fingerprint density at radius 3 is 2.31 bits per heavy atom. The monoisotopic (exact) mass is 389 g/mol. The highest BCUT2D eigenvalue weighted by molar-refractivity contribution is 8.00. The van der Waals surface area contributed by atoms with Crippen LogP contribution in [0.1, 0.15) is 50.7 Å². The fourth-order valence-corrected chi connectivity index (χ4v) is 3.79. The van der Waals surface area contributed by atoms with Crippen LogP contribution in [0, 0.1) is 0 Å². The number of hydrogen-bond acceptors (Lipinski definition) is 2. The summed E-state index contributed by atoms with van der Waals surface area (Å²) < 4.78 is 0. The van der Waals surface area contributed by atoms with Crippen molar-refractivity contribution in [3.8, 4) is 0 Å². The Morgan fingerprint density at radius 2 is 1.73 bits per heavy atom. The lowest BCUT2D eigenvalue weighted by atomic mass is 10.0. The van der Waals surface area contributed by atoms with Crippen LogP contribution in [0.4, 0.5) is 0 Å². The number of halogens is 1. The molecule has 1 atom stereocenters. The van der Waals surface area contributed by atoms with Crippen LogP contribution >= 0.6 is 23.4 Å². The minimum atomic E-state index is -0.0681. The fourth-order valence-electron chi connectivity index (χ4n) is 2.69. The van der Waals surface area contributed by atoms with E-state index in [1.807, 2.05) is 31.2 Å². The molecule has 0 spiro atoms. The first-order chi connectivity index (χ1) is 12.5. The van der Waals surface area contributed by atoms with Crippen molar-refractivity contribution in [3.63, 3.8) is 0 Å². The second-order valence-corrected chi connectivity index (χ2v) is 8.47. The van der Waals surface area contributed by atoms with E-state index in [9.17, 15) is 4.79 Å². The van der Waals surface area contributed by atoms with Crippen molar-refractivity contribution in [3.05, 3.63) is 64.7 Å². The van der Waals surface area contributed by atoms with Gasteiger partial charge in [0.1, 0.15) is 0 Å². The maximum atomic E-state index is 12.4. The summed E-state index contributed by atoms with van der Waals surface area (Å²) in [5, 5.41) is 3.73. The van der Waals surface area contributed by atoms with E-state index in [1.165, 1.54) is 11.1 Å². The largest absolute Gasteiger partial charge is 0.355 e. The lowest BCUT2D eigenvalue weighted by Gasteiger charge is -2.15. The van der Waals surface area contributed by atoms with E-state index in [2.05, 4.69) is 43.4 Å². The number of rotatable bonds is 9. The molecule has 0 aliphatic carbocycles. The highest BCUT2D eigenvalue weighted by Crippen LogP contribution is 2.26. The molecular formula is C22H28ClNOS. The second kappa shape index (κ2) is 10.6. The molecule has 0 fully saturated rings. The molecule has 1 amide bonds. The second-order valence-electron chi connectivity index (χ2n) is 6.76. The predicted octanol–water partition coefficient (Wildman–Crippen LogP) is 6.08. The molecule has 0 bridgehead atoms. The third-order valence-corrected chi connectivity index (χ3v) is 5.97. The van der Waals surface area contributed by atoms with Crippen LogP contribution in [0.3, 0.4) is 0 Å². The van der Waals surface area contributed by atoms with Gasteiger partial charge in [0, 0.05) is 16.5 Å². The third kappa shape index (κ3) is 6.69. The first kappa shape index (κ1) is 20.9. The normalized spacial score (nSPS) is 12.2. The number of carbonyl (C=O) groups excluding carboxylic acids is 1. The molecule has 0 aliphatic heterocycles. The standard InChI is InChI=1S/C22H28ClNOS/c1-4-21(26-20-13-11-19(23)12-14-20)22(25)24-15-5-6-17-7-9-18(10-8-17)16(2)3/h7-14,16,21H,4-6,15H2,1-3H3,(H,24,25)/t21-/m1/s1. The molecule has 0 saturated carbocycles. The van der Waals surface area contributed by atoms with Gasteiger partial charge in [0.15, 0.2) is 0 Å². The molecule has 0 aliphatic rings. The van der Waals surface area contributed by atoms with E-state index in [1.54, 1.807) is 11.8 Å². The molecule has 2 aromatic carbocycles. The first-order valence-corrected chi connectivity index (χ1v) is 10.5. The minimum Gasteiger partial charge on any atom is -0.355 e. The van der Waals surface area contributed by atoms with Gasteiger partial charge < -0.3 is 5.32 Å². The van der Waals surface area contributed by atoms with E-state index < -0.39 is 0 Å². The highest BCUT2D eigenvalue weighted by atomic mass is 35.5. The Morgan fingerprint density at radius 1 is 1.08 bits per heavy atom. The van der Waals surface area contributed by atoms with Crippen LogP contribution in [-0.4, -0.2) is 17.7 Å². The van der Waals surface area contributed by atoms with Crippen LogP contribution < -0.4 is 5.32 Å². The van der Waals surface area contributed by atoms with E-state index >= 15 is 0 Å². The average Bonchev–Trinajstić information content (AvgIpc) is 2.65. The van der Waals surface area contributed by atoms with Gasteiger partial charge in [-0.2, -0.15) is 0 Å². The topological polar surface area (TPSA) is 29.1 Å². The van der Waals surface area contributed by atoms with Crippen LogP contribution in [0.2, 0.25) is 5.02 Å². The molecule has 26 heavy (non-hydrogen) atoms. The summed E-state index contributed by atoms with van der Waals surface area (Å²) in [7, 11) is 0. The molecule has 2 nitrogen and oxygen atoms in total. The van der Waals surface area contributed by atoms with Crippen molar-refractivity contribution >= 4 is 29.3 Å². The fraction of sp³-hybridized carbons (Fsp3) is 0.409. The van der Waals surface area contributed by atoms with Crippen molar-refractivity contribution in [1.82, 2.24) is 5.32 Å². The third-order valence-electron chi connectivity index (χ3n) is 4.34. The maximum Gasteiger partial charge on any atom is 0.233 e. The molecule has 0 saturated heterocycles. The van der Waals surface area contributed by atoms with Crippen LogP contribution in [-0.2, 0) is 11.2 Å². The van der Waals surface area contributed by atoms with Gasteiger partial charge in [-0.15, -0.1) is 11.8 Å². The number of carbonyl (C=O) groups is 1. The van der Waals surface area contributed by atoms with Gasteiger partial charge in [-0.3, -0.25) is 4.79 Å². The van der Waals surface area contributed by atoms with Gasteiger partial charge in [-0.25, -0.2) is 0 Å². The zero-order valence-corrected chi connectivity index (χ0v) is 17.4. The molecule has 2 rings (SSSR count). The zero-order chi connectivity index (χ0) is 18.9. The van der Waals surface area contributed by atoms with Crippen LogP contribution in [0.5, 0.6) is 0 Å². The number of amides is 1. The molecular weight excluding hydrogens is 362 g/mol. The van der Waals surface area contributed by atoms with Gasteiger partial charge in [0.25, 0.3) is 0 Å².